The molecule has 110 valence electrons. The zero-order valence-corrected chi connectivity index (χ0v) is 14.6. The topological polar surface area (TPSA) is 49.3 Å². The summed E-state index contributed by atoms with van der Waals surface area (Å²) >= 11 is 6.77. The van der Waals surface area contributed by atoms with Crippen LogP contribution in [0.25, 0.3) is 0 Å². The summed E-state index contributed by atoms with van der Waals surface area (Å²) in [5, 5.41) is 13.0. The van der Waals surface area contributed by atoms with Crippen LogP contribution in [0.1, 0.15) is 18.9 Å². The first-order valence-corrected chi connectivity index (χ1v) is 8.10. The Morgan fingerprint density at radius 3 is 2.33 bits per heavy atom. The average Bonchev–Trinajstić information content (AvgIpc) is 2.45. The van der Waals surface area contributed by atoms with E-state index >= 15 is 0 Å². The molecule has 0 aliphatic heterocycles. The Morgan fingerprint density at radius 1 is 1.14 bits per heavy atom. The van der Waals surface area contributed by atoms with Gasteiger partial charge in [0.25, 0.3) is 0 Å². The highest BCUT2D eigenvalue weighted by Gasteiger charge is 2.38. The third-order valence-electron chi connectivity index (χ3n) is 3.41. The van der Waals surface area contributed by atoms with E-state index in [0.717, 1.165) is 20.2 Å². The second kappa shape index (κ2) is 6.62. The van der Waals surface area contributed by atoms with Gasteiger partial charge in [-0.1, -0.05) is 57.0 Å². The quantitative estimate of drug-likeness (QED) is 0.725. The van der Waals surface area contributed by atoms with Crippen LogP contribution < -0.4 is 5.32 Å². The fourth-order valence-corrected chi connectivity index (χ4v) is 2.90. The van der Waals surface area contributed by atoms with Crippen LogP contribution >= 0.6 is 31.9 Å². The van der Waals surface area contributed by atoms with Crippen LogP contribution in [0.4, 0.5) is 5.69 Å². The molecule has 2 aromatic rings. The van der Waals surface area contributed by atoms with Gasteiger partial charge in [-0.2, -0.15) is 0 Å². The van der Waals surface area contributed by atoms with Gasteiger partial charge in [0.05, 0.1) is 0 Å². The molecule has 2 N–H and O–H groups in total. The molecule has 0 radical (unpaired) electrons. The molecule has 2 aromatic carbocycles. The number of carboxylic acids is 1. The van der Waals surface area contributed by atoms with Crippen LogP contribution in [0.15, 0.2) is 57.5 Å². The van der Waals surface area contributed by atoms with Gasteiger partial charge in [0, 0.05) is 14.6 Å². The highest BCUT2D eigenvalue weighted by molar-refractivity contribution is 9.10. The van der Waals surface area contributed by atoms with E-state index in [4.69, 9.17) is 0 Å². The fourth-order valence-electron chi connectivity index (χ4n) is 2.24. The molecule has 0 aliphatic carbocycles. The van der Waals surface area contributed by atoms with Gasteiger partial charge in [0.15, 0.2) is 5.54 Å². The number of hydrogen-bond donors (Lipinski definition) is 2. The van der Waals surface area contributed by atoms with Crippen LogP contribution in [0.3, 0.4) is 0 Å². The minimum Gasteiger partial charge on any atom is -0.479 e. The third-order valence-corrected chi connectivity index (χ3v) is 4.44. The zero-order chi connectivity index (χ0) is 15.5. The SMILES string of the molecule is CCC(Nc1cccc(Br)c1)(C(=O)O)c1ccc(Br)cc1. The maximum atomic E-state index is 11.9. The van der Waals surface area contributed by atoms with Crippen molar-refractivity contribution in [3.63, 3.8) is 0 Å². The van der Waals surface area contributed by atoms with Gasteiger partial charge in [-0.15, -0.1) is 0 Å². The third kappa shape index (κ3) is 3.47. The maximum Gasteiger partial charge on any atom is 0.334 e. The minimum atomic E-state index is -1.15. The van der Waals surface area contributed by atoms with E-state index in [9.17, 15) is 9.90 Å². The van der Waals surface area contributed by atoms with Crippen LogP contribution in [-0.4, -0.2) is 11.1 Å². The number of carboxylic acid groups (broad SMARTS) is 1. The molecular formula is C16H15Br2NO2. The monoisotopic (exact) mass is 411 g/mol. The first-order chi connectivity index (χ1) is 9.98. The van der Waals surface area contributed by atoms with Gasteiger partial charge in [-0.3, -0.25) is 0 Å². The summed E-state index contributed by atoms with van der Waals surface area (Å²) in [6.45, 7) is 1.86. The Kier molecular flexibility index (Phi) is 5.06. The fraction of sp³-hybridized carbons (Fsp3) is 0.188. The predicted octanol–water partition coefficient (Wildman–Crippen LogP) is 5.01. The average molecular weight is 413 g/mol. The molecule has 21 heavy (non-hydrogen) atoms. The first-order valence-electron chi connectivity index (χ1n) is 6.51. The number of benzene rings is 2. The van der Waals surface area contributed by atoms with E-state index in [2.05, 4.69) is 37.2 Å². The Morgan fingerprint density at radius 2 is 1.81 bits per heavy atom. The standard InChI is InChI=1S/C16H15Br2NO2/c1-2-16(15(20)21,11-6-8-12(17)9-7-11)19-14-5-3-4-13(18)10-14/h3-10,19H,2H2,1H3,(H,20,21). The highest BCUT2D eigenvalue weighted by Crippen LogP contribution is 2.32. The molecule has 0 bridgehead atoms. The number of rotatable bonds is 5. The van der Waals surface area contributed by atoms with Crippen molar-refractivity contribution in [1.29, 1.82) is 0 Å². The van der Waals surface area contributed by atoms with Gasteiger partial charge >= 0.3 is 5.97 Å². The lowest BCUT2D eigenvalue weighted by atomic mass is 9.87. The van der Waals surface area contributed by atoms with E-state index in [1.165, 1.54) is 0 Å². The number of nitrogens with one attached hydrogen (secondary N) is 1. The molecule has 3 nitrogen and oxygen atoms in total. The molecule has 0 amide bonds. The van der Waals surface area contributed by atoms with Crippen LogP contribution in [0.5, 0.6) is 0 Å². The summed E-state index contributed by atoms with van der Waals surface area (Å²) in [5.41, 5.74) is 0.332. The van der Waals surface area contributed by atoms with Crippen molar-refractivity contribution in [3.8, 4) is 0 Å². The lowest BCUT2D eigenvalue weighted by Crippen LogP contribution is -2.43. The number of anilines is 1. The lowest BCUT2D eigenvalue weighted by Gasteiger charge is -2.31. The first kappa shape index (κ1) is 16.0. The normalized spacial score (nSPS) is 13.5. The van der Waals surface area contributed by atoms with Crippen LogP contribution in [-0.2, 0) is 10.3 Å². The Labute approximate surface area is 140 Å². The van der Waals surface area contributed by atoms with Crippen molar-refractivity contribution in [2.24, 2.45) is 0 Å². The van der Waals surface area contributed by atoms with E-state index in [1.807, 2.05) is 55.5 Å². The molecule has 2 rings (SSSR count). The van der Waals surface area contributed by atoms with Crippen molar-refractivity contribution in [2.75, 3.05) is 5.32 Å². The molecule has 5 heteroatoms. The second-order valence-electron chi connectivity index (χ2n) is 4.71. The van der Waals surface area contributed by atoms with Crippen molar-refractivity contribution >= 4 is 43.5 Å². The predicted molar refractivity (Wildman–Crippen MR) is 91.5 cm³/mol. The van der Waals surface area contributed by atoms with Crippen molar-refractivity contribution in [1.82, 2.24) is 0 Å². The minimum absolute atomic E-state index is 0.427. The van der Waals surface area contributed by atoms with Crippen molar-refractivity contribution in [3.05, 3.63) is 63.0 Å². The highest BCUT2D eigenvalue weighted by atomic mass is 79.9. The van der Waals surface area contributed by atoms with Gasteiger partial charge in [-0.25, -0.2) is 4.79 Å². The molecule has 0 heterocycles. The molecule has 1 unspecified atom stereocenters. The number of aliphatic carboxylic acids is 1. The Bertz CT molecular complexity index is 643. The van der Waals surface area contributed by atoms with Gasteiger partial charge in [0.2, 0.25) is 0 Å². The number of hydrogen-bond acceptors (Lipinski definition) is 2. The van der Waals surface area contributed by atoms with Crippen molar-refractivity contribution in [2.45, 2.75) is 18.9 Å². The summed E-state index contributed by atoms with van der Waals surface area (Å²) < 4.78 is 1.82. The van der Waals surface area contributed by atoms with E-state index in [-0.39, 0.29) is 0 Å². The molecule has 0 saturated carbocycles. The number of carbonyl (C=O) groups is 1. The molecule has 0 spiro atoms. The maximum absolute atomic E-state index is 11.9. The summed E-state index contributed by atoms with van der Waals surface area (Å²) in [6.07, 6.45) is 0.427. The van der Waals surface area contributed by atoms with Gasteiger partial charge in [-0.05, 0) is 42.3 Å². The van der Waals surface area contributed by atoms with Gasteiger partial charge in [0.1, 0.15) is 0 Å². The van der Waals surface area contributed by atoms with E-state index < -0.39 is 11.5 Å². The van der Waals surface area contributed by atoms with Crippen LogP contribution in [0, 0.1) is 0 Å². The molecular weight excluding hydrogens is 398 g/mol. The summed E-state index contributed by atoms with van der Waals surface area (Å²) in [6, 6.07) is 14.9. The smallest absolute Gasteiger partial charge is 0.334 e. The molecule has 0 aliphatic rings. The summed E-state index contributed by atoms with van der Waals surface area (Å²) in [4.78, 5) is 11.9. The van der Waals surface area contributed by atoms with E-state index in [0.29, 0.717) is 6.42 Å². The number of halogens is 2. The molecule has 1 atom stereocenters. The summed E-state index contributed by atoms with van der Waals surface area (Å²) in [7, 11) is 0. The molecule has 0 saturated heterocycles. The van der Waals surface area contributed by atoms with Crippen LogP contribution in [0.2, 0.25) is 0 Å². The lowest BCUT2D eigenvalue weighted by molar-refractivity contribution is -0.142. The largest absolute Gasteiger partial charge is 0.479 e. The second-order valence-corrected chi connectivity index (χ2v) is 6.54. The zero-order valence-electron chi connectivity index (χ0n) is 11.4. The Balaban J connectivity index is 2.46. The van der Waals surface area contributed by atoms with Gasteiger partial charge < -0.3 is 10.4 Å². The van der Waals surface area contributed by atoms with E-state index in [1.54, 1.807) is 0 Å². The Hall–Kier alpha value is -1.33. The summed E-state index contributed by atoms with van der Waals surface area (Å²) in [5.74, 6) is -0.896. The van der Waals surface area contributed by atoms with Crippen molar-refractivity contribution < 1.29 is 9.90 Å². The molecule has 0 fully saturated rings. The molecule has 0 aromatic heterocycles.